The van der Waals surface area contributed by atoms with Crippen molar-refractivity contribution in [3.63, 3.8) is 0 Å². The van der Waals surface area contributed by atoms with E-state index in [1.807, 2.05) is 30.3 Å². The van der Waals surface area contributed by atoms with Crippen molar-refractivity contribution in [2.75, 3.05) is 30.5 Å². The molecular formula is C24H24N6O3. The van der Waals surface area contributed by atoms with Crippen molar-refractivity contribution in [3.05, 3.63) is 66.5 Å². The zero-order valence-corrected chi connectivity index (χ0v) is 18.2. The molecule has 5 rings (SSSR count). The van der Waals surface area contributed by atoms with Crippen LogP contribution in [0, 0.1) is 0 Å². The van der Waals surface area contributed by atoms with E-state index in [1.165, 1.54) is 7.11 Å². The molecule has 4 heterocycles. The fourth-order valence-corrected chi connectivity index (χ4v) is 4.19. The predicted octanol–water partition coefficient (Wildman–Crippen LogP) is 3.28. The van der Waals surface area contributed by atoms with E-state index < -0.39 is 5.97 Å². The Kier molecular flexibility index (Phi) is 5.62. The van der Waals surface area contributed by atoms with Crippen LogP contribution < -0.4 is 10.2 Å². The largest absolute Gasteiger partial charge is 0.465 e. The number of nitrogens with one attached hydrogen (secondary N) is 1. The minimum atomic E-state index is -0.400. The van der Waals surface area contributed by atoms with Crippen molar-refractivity contribution < 1.29 is 14.6 Å². The number of aliphatic hydroxyl groups excluding tert-OH is 1. The Balaban J connectivity index is 1.50. The first-order valence-corrected chi connectivity index (χ1v) is 10.8. The summed E-state index contributed by atoms with van der Waals surface area (Å²) in [6.45, 7) is 0.995. The number of imidazole rings is 1. The van der Waals surface area contributed by atoms with Crippen molar-refractivity contribution in [2.24, 2.45) is 0 Å². The molecule has 33 heavy (non-hydrogen) atoms. The van der Waals surface area contributed by atoms with Gasteiger partial charge >= 0.3 is 5.97 Å². The SMILES string of the molecule is COC(=O)c1cccc(-c2cc(Nc3cccc(N4CCCC4CO)n3)c3nccn3n2)c1. The number of benzene rings is 1. The third-order valence-corrected chi connectivity index (χ3v) is 5.82. The molecule has 0 aliphatic carbocycles. The third kappa shape index (κ3) is 4.10. The third-order valence-electron chi connectivity index (χ3n) is 5.82. The molecule has 0 bridgehead atoms. The number of nitrogens with zero attached hydrogens (tertiary/aromatic N) is 5. The number of hydrogen-bond donors (Lipinski definition) is 2. The lowest BCUT2D eigenvalue weighted by Gasteiger charge is -2.24. The van der Waals surface area contributed by atoms with Gasteiger partial charge in [0.15, 0.2) is 5.65 Å². The molecule has 1 fully saturated rings. The van der Waals surface area contributed by atoms with Gasteiger partial charge in [-0.1, -0.05) is 18.2 Å². The number of aromatic nitrogens is 4. The molecule has 0 radical (unpaired) electrons. The van der Waals surface area contributed by atoms with Crippen LogP contribution in [0.2, 0.25) is 0 Å². The predicted molar refractivity (Wildman–Crippen MR) is 125 cm³/mol. The fourth-order valence-electron chi connectivity index (χ4n) is 4.19. The number of aliphatic hydroxyl groups is 1. The van der Waals surface area contributed by atoms with E-state index in [4.69, 9.17) is 9.72 Å². The van der Waals surface area contributed by atoms with E-state index >= 15 is 0 Å². The molecule has 1 aliphatic rings. The van der Waals surface area contributed by atoms with Crippen LogP contribution in [0.25, 0.3) is 16.9 Å². The van der Waals surface area contributed by atoms with Crippen LogP contribution in [0.4, 0.5) is 17.3 Å². The normalized spacial score (nSPS) is 15.7. The van der Waals surface area contributed by atoms with Gasteiger partial charge in [0.25, 0.3) is 0 Å². The van der Waals surface area contributed by atoms with Crippen LogP contribution in [-0.2, 0) is 4.74 Å². The van der Waals surface area contributed by atoms with Crippen LogP contribution in [0.5, 0.6) is 0 Å². The van der Waals surface area contributed by atoms with Gasteiger partial charge in [0.1, 0.15) is 11.6 Å². The highest BCUT2D eigenvalue weighted by atomic mass is 16.5. The summed E-state index contributed by atoms with van der Waals surface area (Å²) >= 11 is 0. The van der Waals surface area contributed by atoms with E-state index in [-0.39, 0.29) is 12.6 Å². The number of pyridine rings is 1. The first kappa shape index (κ1) is 20.9. The number of esters is 1. The highest BCUT2D eigenvalue weighted by Crippen LogP contribution is 2.29. The van der Waals surface area contributed by atoms with Crippen molar-refractivity contribution in [1.29, 1.82) is 0 Å². The Hall–Kier alpha value is -3.98. The second-order valence-corrected chi connectivity index (χ2v) is 7.89. The van der Waals surface area contributed by atoms with Crippen LogP contribution in [0.15, 0.2) is 60.9 Å². The highest BCUT2D eigenvalue weighted by Gasteiger charge is 2.25. The first-order chi connectivity index (χ1) is 16.2. The zero-order valence-electron chi connectivity index (χ0n) is 18.2. The molecule has 1 aliphatic heterocycles. The fraction of sp³-hybridized carbons (Fsp3) is 0.250. The molecule has 3 aromatic heterocycles. The number of carbonyl (C=O) groups excluding carboxylic acids is 1. The van der Waals surface area contributed by atoms with Gasteiger partial charge in [-0.15, -0.1) is 0 Å². The number of hydrogen-bond acceptors (Lipinski definition) is 8. The van der Waals surface area contributed by atoms with Crippen molar-refractivity contribution in [1.82, 2.24) is 19.6 Å². The lowest BCUT2D eigenvalue weighted by Crippen LogP contribution is -2.32. The summed E-state index contributed by atoms with van der Waals surface area (Å²) in [4.78, 5) is 23.3. The molecule has 1 saturated heterocycles. The zero-order chi connectivity index (χ0) is 22.8. The maximum absolute atomic E-state index is 12.0. The average Bonchev–Trinajstić information content (AvgIpc) is 3.53. The van der Waals surface area contributed by atoms with E-state index in [1.54, 1.807) is 35.1 Å². The minimum Gasteiger partial charge on any atom is -0.465 e. The topological polar surface area (TPSA) is 105 Å². The maximum atomic E-state index is 12.0. The summed E-state index contributed by atoms with van der Waals surface area (Å²) in [5.41, 5.74) is 3.30. The summed E-state index contributed by atoms with van der Waals surface area (Å²) in [6, 6.07) is 14.9. The lowest BCUT2D eigenvalue weighted by atomic mass is 10.1. The maximum Gasteiger partial charge on any atom is 0.337 e. The molecule has 0 spiro atoms. The molecule has 1 unspecified atom stereocenters. The van der Waals surface area contributed by atoms with Crippen LogP contribution in [-0.4, -0.2) is 57.0 Å². The van der Waals surface area contributed by atoms with Crippen LogP contribution in [0.3, 0.4) is 0 Å². The van der Waals surface area contributed by atoms with Crippen molar-refractivity contribution in [2.45, 2.75) is 18.9 Å². The van der Waals surface area contributed by atoms with Gasteiger partial charge in [-0.2, -0.15) is 5.10 Å². The summed E-state index contributed by atoms with van der Waals surface area (Å²) in [5, 5.41) is 17.7. The molecule has 1 atom stereocenters. The Morgan fingerprint density at radius 2 is 2.12 bits per heavy atom. The number of rotatable bonds is 6. The van der Waals surface area contributed by atoms with E-state index in [9.17, 15) is 9.90 Å². The summed E-state index contributed by atoms with van der Waals surface area (Å²) in [6.07, 6.45) is 5.46. The summed E-state index contributed by atoms with van der Waals surface area (Å²) in [7, 11) is 1.36. The number of carbonyl (C=O) groups is 1. The van der Waals surface area contributed by atoms with Gasteiger partial charge in [0, 0.05) is 24.5 Å². The van der Waals surface area contributed by atoms with E-state index in [2.05, 4.69) is 20.3 Å². The van der Waals surface area contributed by atoms with Crippen molar-refractivity contribution >= 4 is 28.9 Å². The van der Waals surface area contributed by atoms with Crippen LogP contribution >= 0.6 is 0 Å². The number of methoxy groups -OCH3 is 1. The second kappa shape index (κ2) is 8.87. The summed E-state index contributed by atoms with van der Waals surface area (Å²) < 4.78 is 6.53. The molecule has 9 heteroatoms. The quantitative estimate of drug-likeness (QED) is 0.437. The highest BCUT2D eigenvalue weighted by molar-refractivity contribution is 5.91. The Bertz CT molecular complexity index is 1300. The number of fused-ring (bicyclic) bond motifs is 1. The Morgan fingerprint density at radius 3 is 2.97 bits per heavy atom. The molecular weight excluding hydrogens is 420 g/mol. The van der Waals surface area contributed by atoms with Gasteiger partial charge in [0.2, 0.25) is 0 Å². The molecule has 0 amide bonds. The number of anilines is 3. The van der Waals surface area contributed by atoms with Gasteiger partial charge in [0.05, 0.1) is 36.7 Å². The second-order valence-electron chi connectivity index (χ2n) is 7.89. The standard InChI is InChI=1S/C24H24N6O3/c1-33-24(32)17-6-2-5-16(13-17)19-14-20(23-25-10-12-30(23)28-19)26-21-8-3-9-22(27-21)29-11-4-7-18(29)15-31/h2-3,5-6,8-10,12-14,18,31H,4,7,11,15H2,1H3,(H,26,27). The first-order valence-electron chi connectivity index (χ1n) is 10.8. The molecule has 2 N–H and O–H groups in total. The van der Waals surface area contributed by atoms with Crippen molar-refractivity contribution in [3.8, 4) is 11.3 Å². The number of ether oxygens (including phenoxy) is 1. The molecule has 4 aromatic rings. The minimum absolute atomic E-state index is 0.0985. The van der Waals surface area contributed by atoms with E-state index in [0.717, 1.165) is 36.5 Å². The molecule has 1 aromatic carbocycles. The molecule has 168 valence electrons. The summed E-state index contributed by atoms with van der Waals surface area (Å²) in [5.74, 6) is 1.10. The average molecular weight is 444 g/mol. The smallest absolute Gasteiger partial charge is 0.337 e. The monoisotopic (exact) mass is 444 g/mol. The van der Waals surface area contributed by atoms with Crippen LogP contribution in [0.1, 0.15) is 23.2 Å². The van der Waals surface area contributed by atoms with Gasteiger partial charge < -0.3 is 20.1 Å². The van der Waals surface area contributed by atoms with Gasteiger partial charge in [-0.3, -0.25) is 0 Å². The van der Waals surface area contributed by atoms with Gasteiger partial charge in [-0.05, 0) is 43.2 Å². The Morgan fingerprint density at radius 1 is 1.24 bits per heavy atom. The Labute approximate surface area is 190 Å². The van der Waals surface area contributed by atoms with Gasteiger partial charge in [-0.25, -0.2) is 19.3 Å². The molecule has 0 saturated carbocycles. The molecule has 9 nitrogen and oxygen atoms in total. The lowest BCUT2D eigenvalue weighted by molar-refractivity contribution is 0.0601. The van der Waals surface area contributed by atoms with E-state index in [0.29, 0.717) is 22.7 Å².